The molecule has 86 valence electrons. The van der Waals surface area contributed by atoms with Gasteiger partial charge in [0, 0.05) is 11.6 Å². The molecule has 0 aliphatic heterocycles. The summed E-state index contributed by atoms with van der Waals surface area (Å²) >= 11 is 0. The summed E-state index contributed by atoms with van der Waals surface area (Å²) in [5.74, 6) is 0.833. The molecule has 0 N–H and O–H groups in total. The number of nitrogens with zero attached hydrogens (tertiary/aromatic N) is 1. The second kappa shape index (κ2) is 6.26. The van der Waals surface area contributed by atoms with Crippen LogP contribution in [0.25, 0.3) is 10.9 Å². The Morgan fingerprint density at radius 1 is 1.12 bits per heavy atom. The van der Waals surface area contributed by atoms with Crippen LogP contribution in [0.5, 0.6) is 0 Å². The third kappa shape index (κ3) is 4.01. The van der Waals surface area contributed by atoms with E-state index in [1.54, 1.807) is 0 Å². The highest BCUT2D eigenvalue weighted by Gasteiger charge is 1.93. The zero-order chi connectivity index (χ0) is 12.0. The van der Waals surface area contributed by atoms with E-state index >= 15 is 0 Å². The van der Waals surface area contributed by atoms with Gasteiger partial charge < -0.3 is 0 Å². The molecule has 0 bridgehead atoms. The van der Waals surface area contributed by atoms with Crippen molar-refractivity contribution in [3.8, 4) is 0 Å². The molecule has 2 rings (SSSR count). The molecular weight excluding hydrogens is 194 g/mol. The normalized spacial score (nSPS) is 10.1. The summed E-state index contributed by atoms with van der Waals surface area (Å²) in [5, 5.41) is 1.23. The average Bonchev–Trinajstić information content (AvgIpc) is 2.27. The SMILES string of the molecule is CC(C)C.CCc1cnc2ccccc2c1. The average molecular weight is 215 g/mol. The van der Waals surface area contributed by atoms with Crippen molar-refractivity contribution in [1.82, 2.24) is 4.98 Å². The molecule has 1 aromatic heterocycles. The molecule has 16 heavy (non-hydrogen) atoms. The van der Waals surface area contributed by atoms with Crippen molar-refractivity contribution < 1.29 is 0 Å². The van der Waals surface area contributed by atoms with Gasteiger partial charge in [0.05, 0.1) is 5.52 Å². The molecule has 1 nitrogen and oxygen atoms in total. The molecule has 0 fully saturated rings. The topological polar surface area (TPSA) is 12.9 Å². The fourth-order valence-corrected chi connectivity index (χ4v) is 1.31. The Morgan fingerprint density at radius 3 is 2.38 bits per heavy atom. The molecule has 0 unspecified atom stereocenters. The van der Waals surface area contributed by atoms with E-state index in [1.165, 1.54) is 10.9 Å². The van der Waals surface area contributed by atoms with E-state index < -0.39 is 0 Å². The van der Waals surface area contributed by atoms with Crippen LogP contribution in [0.3, 0.4) is 0 Å². The molecule has 0 atom stereocenters. The first-order valence-electron chi connectivity index (χ1n) is 5.97. The molecule has 1 heterocycles. The summed E-state index contributed by atoms with van der Waals surface area (Å²) in [6, 6.07) is 10.4. The van der Waals surface area contributed by atoms with Gasteiger partial charge in [-0.2, -0.15) is 0 Å². The molecule has 0 radical (unpaired) electrons. The van der Waals surface area contributed by atoms with Gasteiger partial charge in [-0.1, -0.05) is 45.9 Å². The van der Waals surface area contributed by atoms with Crippen molar-refractivity contribution in [2.45, 2.75) is 34.1 Å². The number of benzene rings is 1. The zero-order valence-electron chi connectivity index (χ0n) is 10.7. The van der Waals surface area contributed by atoms with E-state index in [1.807, 2.05) is 24.4 Å². The highest BCUT2D eigenvalue weighted by atomic mass is 14.6. The lowest BCUT2D eigenvalue weighted by Crippen LogP contribution is -1.83. The van der Waals surface area contributed by atoms with Gasteiger partial charge >= 0.3 is 0 Å². The van der Waals surface area contributed by atoms with Crippen LogP contribution in [0.4, 0.5) is 0 Å². The summed E-state index contributed by atoms with van der Waals surface area (Å²) in [4.78, 5) is 4.35. The molecule has 0 spiro atoms. The lowest BCUT2D eigenvalue weighted by atomic mass is 10.1. The van der Waals surface area contributed by atoms with E-state index in [0.29, 0.717) is 0 Å². The number of hydrogen-bond acceptors (Lipinski definition) is 1. The summed E-state index contributed by atoms with van der Waals surface area (Å²) in [6.07, 6.45) is 3.00. The Kier molecular flexibility index (Phi) is 4.97. The maximum atomic E-state index is 4.35. The van der Waals surface area contributed by atoms with Crippen LogP contribution in [0.15, 0.2) is 36.5 Å². The maximum absolute atomic E-state index is 4.35. The monoisotopic (exact) mass is 215 g/mol. The Balaban J connectivity index is 0.000000280. The van der Waals surface area contributed by atoms with Crippen molar-refractivity contribution >= 4 is 10.9 Å². The fourth-order valence-electron chi connectivity index (χ4n) is 1.31. The summed E-state index contributed by atoms with van der Waals surface area (Å²) in [5.41, 5.74) is 2.38. The van der Waals surface area contributed by atoms with Gasteiger partial charge in [0.25, 0.3) is 0 Å². The standard InChI is InChI=1S/C11H11N.C4H10/c1-2-9-7-10-5-3-4-6-11(10)12-8-9;1-4(2)3/h3-8H,2H2,1H3;4H,1-3H3. The number of aryl methyl sites for hydroxylation is 1. The molecule has 1 aromatic carbocycles. The lowest BCUT2D eigenvalue weighted by Gasteiger charge is -1.98. The number of fused-ring (bicyclic) bond motifs is 1. The van der Waals surface area contributed by atoms with Gasteiger partial charge in [-0.25, -0.2) is 0 Å². The molecule has 1 heteroatoms. The summed E-state index contributed by atoms with van der Waals surface area (Å²) in [6.45, 7) is 8.64. The van der Waals surface area contributed by atoms with Gasteiger partial charge in [-0.15, -0.1) is 0 Å². The van der Waals surface area contributed by atoms with Gasteiger partial charge in [0.1, 0.15) is 0 Å². The van der Waals surface area contributed by atoms with Crippen molar-refractivity contribution in [2.24, 2.45) is 5.92 Å². The molecule has 0 aliphatic carbocycles. The zero-order valence-corrected chi connectivity index (χ0v) is 10.7. The lowest BCUT2D eigenvalue weighted by molar-refractivity contribution is 0.737. The van der Waals surface area contributed by atoms with Gasteiger partial charge in [-0.3, -0.25) is 4.98 Å². The minimum Gasteiger partial charge on any atom is -0.256 e. The Bertz CT molecular complexity index is 429. The van der Waals surface area contributed by atoms with E-state index in [4.69, 9.17) is 0 Å². The van der Waals surface area contributed by atoms with Crippen LogP contribution in [-0.4, -0.2) is 4.98 Å². The fraction of sp³-hybridized carbons (Fsp3) is 0.400. The second-order valence-electron chi connectivity index (χ2n) is 4.62. The van der Waals surface area contributed by atoms with Gasteiger partial charge in [-0.05, 0) is 30.0 Å². The first kappa shape index (κ1) is 12.7. The number of hydrogen-bond donors (Lipinski definition) is 0. The Hall–Kier alpha value is -1.37. The Labute approximate surface area is 98.5 Å². The van der Waals surface area contributed by atoms with Crippen LogP contribution in [-0.2, 0) is 6.42 Å². The predicted molar refractivity (Wildman–Crippen MR) is 71.6 cm³/mol. The smallest absolute Gasteiger partial charge is 0.0702 e. The highest BCUT2D eigenvalue weighted by Crippen LogP contribution is 2.12. The number of pyridine rings is 1. The van der Waals surface area contributed by atoms with E-state index in [2.05, 4.69) is 44.8 Å². The van der Waals surface area contributed by atoms with E-state index in [-0.39, 0.29) is 0 Å². The van der Waals surface area contributed by atoms with Crippen LogP contribution >= 0.6 is 0 Å². The third-order valence-corrected chi connectivity index (χ3v) is 2.06. The Morgan fingerprint density at radius 2 is 1.75 bits per heavy atom. The number of para-hydroxylation sites is 1. The van der Waals surface area contributed by atoms with Crippen molar-refractivity contribution in [2.75, 3.05) is 0 Å². The van der Waals surface area contributed by atoms with E-state index in [9.17, 15) is 0 Å². The molecule has 0 amide bonds. The molecule has 0 saturated heterocycles. The van der Waals surface area contributed by atoms with Gasteiger partial charge in [0.15, 0.2) is 0 Å². The molecule has 2 aromatic rings. The third-order valence-electron chi connectivity index (χ3n) is 2.06. The van der Waals surface area contributed by atoms with Crippen molar-refractivity contribution in [3.63, 3.8) is 0 Å². The molecular formula is C15H21N. The van der Waals surface area contributed by atoms with Crippen LogP contribution < -0.4 is 0 Å². The first-order valence-corrected chi connectivity index (χ1v) is 5.97. The number of rotatable bonds is 1. The molecule has 0 aliphatic rings. The van der Waals surface area contributed by atoms with Gasteiger partial charge in [0.2, 0.25) is 0 Å². The minimum absolute atomic E-state index is 0.833. The van der Waals surface area contributed by atoms with Crippen LogP contribution in [0, 0.1) is 5.92 Å². The molecule has 0 saturated carbocycles. The largest absolute Gasteiger partial charge is 0.256 e. The van der Waals surface area contributed by atoms with Crippen LogP contribution in [0.1, 0.15) is 33.3 Å². The van der Waals surface area contributed by atoms with E-state index in [0.717, 1.165) is 17.9 Å². The quantitative estimate of drug-likeness (QED) is 0.684. The minimum atomic E-state index is 0.833. The second-order valence-corrected chi connectivity index (χ2v) is 4.62. The first-order chi connectivity index (χ1) is 7.63. The predicted octanol–water partition coefficient (Wildman–Crippen LogP) is 4.46. The van der Waals surface area contributed by atoms with Crippen molar-refractivity contribution in [3.05, 3.63) is 42.1 Å². The maximum Gasteiger partial charge on any atom is 0.0702 e. The van der Waals surface area contributed by atoms with Crippen molar-refractivity contribution in [1.29, 1.82) is 0 Å². The number of aromatic nitrogens is 1. The van der Waals surface area contributed by atoms with Crippen LogP contribution in [0.2, 0.25) is 0 Å². The highest BCUT2D eigenvalue weighted by molar-refractivity contribution is 5.78. The summed E-state index contributed by atoms with van der Waals surface area (Å²) < 4.78 is 0. The summed E-state index contributed by atoms with van der Waals surface area (Å²) in [7, 11) is 0.